The van der Waals surface area contributed by atoms with Crippen LogP contribution in [0.1, 0.15) is 57.3 Å². The number of aliphatic hydroxyl groups is 1. The molecule has 4 N–H and O–H groups in total. The predicted molar refractivity (Wildman–Crippen MR) is 157 cm³/mol. The summed E-state index contributed by atoms with van der Waals surface area (Å²) in [4.78, 5) is 28.7. The molecule has 3 aromatic rings. The Morgan fingerprint density at radius 3 is 2.63 bits per heavy atom. The van der Waals surface area contributed by atoms with E-state index in [4.69, 9.17) is 4.74 Å². The lowest BCUT2D eigenvalue weighted by Crippen LogP contribution is -2.46. The van der Waals surface area contributed by atoms with Gasteiger partial charge in [0.25, 0.3) is 0 Å². The lowest BCUT2D eigenvalue weighted by Gasteiger charge is -2.35. The molecule has 1 aromatic heterocycles. The summed E-state index contributed by atoms with van der Waals surface area (Å²) in [5.74, 6) is 1.90. The lowest BCUT2D eigenvalue weighted by molar-refractivity contribution is 0.0647. The van der Waals surface area contributed by atoms with E-state index in [-0.39, 0.29) is 28.2 Å². The summed E-state index contributed by atoms with van der Waals surface area (Å²) in [6.07, 6.45) is -0.214. The second-order valence-corrected chi connectivity index (χ2v) is 12.5. The van der Waals surface area contributed by atoms with Crippen LogP contribution < -0.4 is 10.2 Å². The molecule has 3 rings (SSSR count). The Morgan fingerprint density at radius 1 is 1.18 bits per heavy atom. The molecular weight excluding hydrogens is 522 g/mol. The van der Waals surface area contributed by atoms with Crippen molar-refractivity contribution in [3.05, 3.63) is 63.3 Å². The number of thioether (sulfide) groups is 1. The third-order valence-corrected chi connectivity index (χ3v) is 8.24. The van der Waals surface area contributed by atoms with E-state index < -0.39 is 6.10 Å². The molecule has 0 aliphatic rings. The average Bonchev–Trinajstić information content (AvgIpc) is 3.28. The van der Waals surface area contributed by atoms with Gasteiger partial charge in [-0.2, -0.15) is 11.8 Å². The second-order valence-electron chi connectivity index (χ2n) is 10.3. The van der Waals surface area contributed by atoms with Crippen molar-refractivity contribution in [3.8, 4) is 5.75 Å². The number of phenols is 1. The summed E-state index contributed by atoms with van der Waals surface area (Å²) < 4.78 is 6.24. The number of aliphatic hydroxyl groups excluding tert-OH is 1. The highest BCUT2D eigenvalue weighted by Gasteiger charge is 2.27. The summed E-state index contributed by atoms with van der Waals surface area (Å²) in [6, 6.07) is 13.2. The van der Waals surface area contributed by atoms with Gasteiger partial charge in [-0.15, -0.1) is 0 Å². The summed E-state index contributed by atoms with van der Waals surface area (Å²) in [6.45, 7) is 10.1. The number of phenolic OH excluding ortho intramolecular Hbond substituents is 1. The van der Waals surface area contributed by atoms with E-state index >= 15 is 0 Å². The molecule has 1 amide bonds. The van der Waals surface area contributed by atoms with Gasteiger partial charge in [0, 0.05) is 42.4 Å². The van der Waals surface area contributed by atoms with Crippen LogP contribution in [0.25, 0.3) is 10.2 Å². The maximum Gasteiger partial charge on any atom is 0.410 e. The Balaban J connectivity index is 1.35. The fourth-order valence-corrected chi connectivity index (χ4v) is 5.82. The molecule has 1 unspecified atom stereocenters. The van der Waals surface area contributed by atoms with E-state index in [1.807, 2.05) is 51.1 Å². The smallest absolute Gasteiger partial charge is 0.410 e. The molecule has 38 heavy (non-hydrogen) atoms. The fraction of sp³-hybridized carbons (Fsp3) is 0.500. The van der Waals surface area contributed by atoms with Gasteiger partial charge in [-0.3, -0.25) is 4.79 Å². The van der Waals surface area contributed by atoms with Gasteiger partial charge < -0.3 is 30.2 Å². The highest BCUT2D eigenvalue weighted by Crippen LogP contribution is 2.31. The highest BCUT2D eigenvalue weighted by atomic mass is 32.2. The van der Waals surface area contributed by atoms with Gasteiger partial charge in [0.15, 0.2) is 0 Å². The van der Waals surface area contributed by atoms with Crippen LogP contribution in [-0.2, 0) is 4.74 Å². The first-order valence-corrected chi connectivity index (χ1v) is 14.9. The van der Waals surface area contributed by atoms with Crippen molar-refractivity contribution in [1.82, 2.24) is 15.2 Å². The Hall–Kier alpha value is -2.53. The molecule has 0 aliphatic carbocycles. The van der Waals surface area contributed by atoms with E-state index in [1.165, 1.54) is 6.07 Å². The minimum Gasteiger partial charge on any atom is -0.506 e. The van der Waals surface area contributed by atoms with Crippen molar-refractivity contribution in [3.63, 3.8) is 0 Å². The number of carbonyl (C=O) groups is 1. The number of hydrogen-bond donors (Lipinski definition) is 4. The zero-order chi connectivity index (χ0) is 27.7. The van der Waals surface area contributed by atoms with Crippen molar-refractivity contribution < 1.29 is 19.7 Å². The first-order valence-electron chi connectivity index (χ1n) is 12.9. The number of rotatable bonds is 13. The largest absolute Gasteiger partial charge is 0.506 e. The van der Waals surface area contributed by atoms with Gasteiger partial charge in [-0.1, -0.05) is 54.7 Å². The van der Waals surface area contributed by atoms with E-state index in [0.29, 0.717) is 42.0 Å². The number of nitrogens with one attached hydrogen (secondary N) is 2. The van der Waals surface area contributed by atoms with Gasteiger partial charge in [0.05, 0.1) is 17.4 Å². The fourth-order valence-electron chi connectivity index (χ4n) is 4.07. The average molecular weight is 562 g/mol. The molecule has 0 saturated heterocycles. The molecule has 208 valence electrons. The van der Waals surface area contributed by atoms with Crippen LogP contribution >= 0.6 is 23.1 Å². The standard InChI is InChI=1S/C28H39N3O5S2/c1-19(20-9-6-5-7-10-20)18-36-27(35)31(28(2,3)4)14-8-15-37-16-13-29-17-23(33)21-11-12-22(32)24-25(21)38-26(34)30-24/h5-7,9-12,19,23,29,32-33H,8,13-18H2,1-4H3,(H,30,34)/t19?,23-/m0/s1. The van der Waals surface area contributed by atoms with Crippen LogP contribution in [0, 0.1) is 0 Å². The molecule has 8 nitrogen and oxygen atoms in total. The summed E-state index contributed by atoms with van der Waals surface area (Å²) in [5.41, 5.74) is 1.81. The maximum absolute atomic E-state index is 12.8. The van der Waals surface area contributed by atoms with E-state index in [2.05, 4.69) is 17.2 Å². The van der Waals surface area contributed by atoms with Gasteiger partial charge in [-0.05, 0) is 44.6 Å². The van der Waals surface area contributed by atoms with Crippen LogP contribution in [-0.4, -0.2) is 69.5 Å². The zero-order valence-corrected chi connectivity index (χ0v) is 24.2. The molecule has 0 saturated carbocycles. The molecular formula is C28H39N3O5S2. The Kier molecular flexibility index (Phi) is 11.1. The minimum absolute atomic E-state index is 0.00121. The normalized spacial score (nSPS) is 13.4. The van der Waals surface area contributed by atoms with Crippen molar-refractivity contribution in [1.29, 1.82) is 0 Å². The molecule has 10 heteroatoms. The molecule has 2 atom stereocenters. The Bertz CT molecular complexity index is 1220. The topological polar surface area (TPSA) is 115 Å². The molecule has 0 bridgehead atoms. The third kappa shape index (κ3) is 8.49. The van der Waals surface area contributed by atoms with Gasteiger partial charge >= 0.3 is 11.0 Å². The van der Waals surface area contributed by atoms with Crippen molar-refractivity contribution >= 4 is 39.4 Å². The minimum atomic E-state index is -0.787. The number of thiazole rings is 1. The maximum atomic E-state index is 12.8. The molecule has 1 heterocycles. The van der Waals surface area contributed by atoms with Crippen LogP contribution in [0.2, 0.25) is 0 Å². The molecule has 0 aliphatic heterocycles. The number of H-pyrrole nitrogens is 1. The number of carbonyl (C=O) groups excluding carboxylic acids is 1. The first-order chi connectivity index (χ1) is 18.1. The van der Waals surface area contributed by atoms with Gasteiger partial charge in [0.2, 0.25) is 0 Å². The monoisotopic (exact) mass is 561 g/mol. The van der Waals surface area contributed by atoms with Gasteiger partial charge in [0.1, 0.15) is 11.3 Å². The number of aromatic amines is 1. The molecule has 0 radical (unpaired) electrons. The van der Waals surface area contributed by atoms with Gasteiger partial charge in [-0.25, -0.2) is 4.79 Å². The molecule has 0 spiro atoms. The van der Waals surface area contributed by atoms with Crippen LogP contribution in [0.4, 0.5) is 4.79 Å². The molecule has 0 fully saturated rings. The lowest BCUT2D eigenvalue weighted by atomic mass is 10.0. The summed E-state index contributed by atoms with van der Waals surface area (Å²) in [5, 5.41) is 23.7. The number of fused-ring (bicyclic) bond motifs is 1. The first kappa shape index (κ1) is 30.0. The van der Waals surface area contributed by atoms with E-state index in [9.17, 15) is 19.8 Å². The zero-order valence-electron chi connectivity index (χ0n) is 22.5. The number of benzene rings is 2. The highest BCUT2D eigenvalue weighted by molar-refractivity contribution is 7.99. The summed E-state index contributed by atoms with van der Waals surface area (Å²) >= 11 is 2.77. The number of ether oxygens (including phenoxy) is 1. The number of aromatic nitrogens is 1. The Morgan fingerprint density at radius 2 is 1.92 bits per heavy atom. The van der Waals surface area contributed by atoms with Crippen LogP contribution in [0.15, 0.2) is 47.3 Å². The number of aromatic hydroxyl groups is 1. The SMILES string of the molecule is CC(COC(=O)N(CCCSCCNC[C@H](O)c1ccc(O)c2[nH]c(=O)sc12)C(C)(C)C)c1ccccc1. The second kappa shape index (κ2) is 14.0. The number of hydrogen-bond acceptors (Lipinski definition) is 8. The molecule has 2 aromatic carbocycles. The van der Waals surface area contributed by atoms with Crippen molar-refractivity contribution in [2.24, 2.45) is 0 Å². The Labute approximate surface area is 232 Å². The summed E-state index contributed by atoms with van der Waals surface area (Å²) in [7, 11) is 0. The van der Waals surface area contributed by atoms with Crippen LogP contribution in [0.5, 0.6) is 5.75 Å². The third-order valence-electron chi connectivity index (χ3n) is 6.23. The van der Waals surface area contributed by atoms with E-state index in [1.54, 1.807) is 22.7 Å². The predicted octanol–water partition coefficient (Wildman–Crippen LogP) is 5.08. The van der Waals surface area contributed by atoms with Crippen molar-refractivity contribution in [2.75, 3.05) is 37.7 Å². The van der Waals surface area contributed by atoms with E-state index in [0.717, 1.165) is 34.8 Å². The quantitative estimate of drug-likeness (QED) is 0.215. The number of nitrogens with zero attached hydrogens (tertiary/aromatic N) is 1. The van der Waals surface area contributed by atoms with Crippen molar-refractivity contribution in [2.45, 2.75) is 51.7 Å². The van der Waals surface area contributed by atoms with Crippen LogP contribution in [0.3, 0.4) is 0 Å². The number of amides is 1.